The number of rotatable bonds is 0. The van der Waals surface area contributed by atoms with Crippen LogP contribution in [-0.2, 0) is 0 Å². The zero-order chi connectivity index (χ0) is 11.6. The molecule has 0 saturated carbocycles. The van der Waals surface area contributed by atoms with E-state index in [0.29, 0.717) is 0 Å². The summed E-state index contributed by atoms with van der Waals surface area (Å²) in [6.45, 7) is 10.5. The normalized spacial score (nSPS) is 24.0. The van der Waals surface area contributed by atoms with E-state index in [0.717, 1.165) is 6.04 Å². The van der Waals surface area contributed by atoms with E-state index in [1.165, 1.54) is 6.04 Å². The maximum absolute atomic E-state index is 5.03. The van der Waals surface area contributed by atoms with Crippen LogP contribution in [0.1, 0.15) is 20.8 Å². The predicted octanol–water partition coefficient (Wildman–Crippen LogP) is -0.761. The van der Waals surface area contributed by atoms with Crippen molar-refractivity contribution in [2.24, 2.45) is 10.8 Å². The molecule has 13 N–H and O–H groups in total. The van der Waals surface area contributed by atoms with Gasteiger partial charge in [0.1, 0.15) is 0 Å². The molecule has 1 fully saturated rings. The minimum absolute atomic E-state index is 0. The summed E-state index contributed by atoms with van der Waals surface area (Å²) in [5.74, 6) is 0. The Bertz CT molecular complexity index is 108. The minimum Gasteiger partial charge on any atom is -0.369 e. The third kappa shape index (κ3) is 23.9. The van der Waals surface area contributed by atoms with Crippen molar-refractivity contribution in [2.75, 3.05) is 0 Å². The van der Waals surface area contributed by atoms with Gasteiger partial charge in [0, 0.05) is 0 Å². The van der Waals surface area contributed by atoms with Gasteiger partial charge in [-0.25, -0.2) is 0 Å². The maximum Gasteiger partial charge on any atom is 0.176 e. The molecule has 0 radical (unpaired) electrons. The molecule has 0 aliphatic carbocycles. The van der Waals surface area contributed by atoms with Crippen molar-refractivity contribution in [3.8, 4) is 0 Å². The van der Waals surface area contributed by atoms with Gasteiger partial charge < -0.3 is 32.7 Å². The van der Waals surface area contributed by atoms with Crippen molar-refractivity contribution in [1.29, 1.82) is 0 Å². The highest BCUT2D eigenvalue weighted by molar-refractivity contribution is 6.63. The molecule has 2 atom stereocenters. The van der Waals surface area contributed by atoms with E-state index >= 15 is 0 Å². The fraction of sp³-hybridized carbons (Fsp3) is 1.00. The highest BCUT2D eigenvalue weighted by atomic mass is 28.3. The third-order valence-corrected chi connectivity index (χ3v) is 7.39. The monoisotopic (exact) mass is 287 g/mol. The summed E-state index contributed by atoms with van der Waals surface area (Å²) in [4.78, 5) is 3.54. The van der Waals surface area contributed by atoms with Gasteiger partial charge >= 0.3 is 0 Å². The van der Waals surface area contributed by atoms with Crippen LogP contribution in [0.5, 0.6) is 0 Å². The van der Waals surface area contributed by atoms with Gasteiger partial charge in [0.15, 0.2) is 18.2 Å². The van der Waals surface area contributed by atoms with E-state index in [1.807, 2.05) is 20.4 Å². The lowest BCUT2D eigenvalue weighted by Crippen LogP contribution is -2.55. The fourth-order valence-electron chi connectivity index (χ4n) is 1.09. The van der Waals surface area contributed by atoms with E-state index in [4.69, 9.17) is 10.8 Å². The molecule has 0 aromatic rings. The lowest BCUT2D eigenvalue weighted by atomic mass is 10.4. The topological polar surface area (TPSA) is 148 Å². The molecule has 1 aliphatic rings. The van der Waals surface area contributed by atoms with Gasteiger partial charge in [-0.1, -0.05) is 20.8 Å². The lowest BCUT2D eigenvalue weighted by Gasteiger charge is -2.25. The van der Waals surface area contributed by atoms with E-state index in [2.05, 4.69) is 23.1 Å². The van der Waals surface area contributed by atoms with Crippen LogP contribution in [0.4, 0.5) is 0 Å². The highest BCUT2D eigenvalue weighted by Crippen LogP contribution is 1.93. The molecule has 1 rings (SSSR count). The summed E-state index contributed by atoms with van der Waals surface area (Å²) in [5, 5.41) is 10.1. The van der Waals surface area contributed by atoms with Crippen molar-refractivity contribution in [1.82, 2.24) is 21.9 Å². The van der Waals surface area contributed by atoms with Gasteiger partial charge in [-0.05, 0) is 25.2 Å². The largest absolute Gasteiger partial charge is 0.369 e. The number of nitrogens with two attached hydrogens (primary N) is 2. The third-order valence-electron chi connectivity index (χ3n) is 1.56. The molecule has 0 amide bonds. The summed E-state index contributed by atoms with van der Waals surface area (Å²) < 4.78 is 3.58. The Morgan fingerprint density at radius 3 is 1.94 bits per heavy atom. The predicted molar refractivity (Wildman–Crippen MR) is 85.8 cm³/mol. The van der Waals surface area contributed by atoms with E-state index in [-0.39, 0.29) is 22.0 Å². The molecule has 104 valence electrons. The molecule has 9 heteroatoms. The van der Waals surface area contributed by atoms with Gasteiger partial charge in [-0.2, -0.15) is 0 Å². The van der Waals surface area contributed by atoms with Crippen LogP contribution >= 0.6 is 0 Å². The van der Waals surface area contributed by atoms with E-state index in [9.17, 15) is 0 Å². The average molecular weight is 288 g/mol. The van der Waals surface area contributed by atoms with E-state index in [1.54, 1.807) is 0 Å². The van der Waals surface area contributed by atoms with Crippen LogP contribution in [0.15, 0.2) is 0 Å². The van der Waals surface area contributed by atoms with Gasteiger partial charge in [-0.3, -0.25) is 0 Å². The summed E-state index contributed by atoms with van der Waals surface area (Å²) in [5.41, 5.74) is 0. The minimum atomic E-state index is -1.14. The van der Waals surface area contributed by atoms with Gasteiger partial charge in [-0.15, -0.1) is 0 Å². The zero-order valence-corrected chi connectivity index (χ0v) is 15.7. The standard InChI is InChI=1S/C4H14N2Si2.C2H6.CH8N2Si.2H3N/c1-4-3-7-6-8(2)5-4;1-2;1-4(2)3;;/h4-6,8H,3,7H2,1-2H3;1-2H3;4H,2-3H2,1H3;2*1H3/p+1. The zero-order valence-electron chi connectivity index (χ0n) is 12.0. The number of hydrogen-bond donors (Lipinski definition) is 6. The molecular weight excluding hydrogens is 252 g/mol. The van der Waals surface area contributed by atoms with Crippen molar-refractivity contribution >= 4 is 27.9 Å². The first-order chi connectivity index (χ1) is 6.52. The number of nitrogens with one attached hydrogen (secondary N) is 2. The Kier molecular flexibility index (Phi) is 28.1. The van der Waals surface area contributed by atoms with Crippen LogP contribution in [0.25, 0.3) is 0 Å². The van der Waals surface area contributed by atoms with Gasteiger partial charge in [0.2, 0.25) is 0 Å². The SMILES string of the molecule is CC.CC1C[SiH2]N[SiH](C)N1.C[SiH](N)N.N.[NH4+]. The molecule has 6 nitrogen and oxygen atoms in total. The van der Waals surface area contributed by atoms with Crippen LogP contribution in [0.3, 0.4) is 0 Å². The first-order valence-corrected chi connectivity index (χ1v) is 12.0. The maximum atomic E-state index is 5.03. The number of quaternary nitrogens is 1. The Hall–Kier alpha value is 0.411. The van der Waals surface area contributed by atoms with Crippen molar-refractivity contribution in [3.05, 3.63) is 0 Å². The van der Waals surface area contributed by atoms with Crippen molar-refractivity contribution in [3.63, 3.8) is 0 Å². The first kappa shape index (κ1) is 25.3. The number of hydrogen-bond acceptors (Lipinski definition) is 5. The van der Waals surface area contributed by atoms with Gasteiger partial charge in [0.05, 0.1) is 9.68 Å². The fourth-order valence-corrected chi connectivity index (χ4v) is 5.91. The summed E-state index contributed by atoms with van der Waals surface area (Å²) >= 11 is 0. The molecular formula is C7H35N6Si3+. The molecule has 0 bridgehead atoms. The molecule has 0 spiro atoms. The molecule has 1 saturated heterocycles. The van der Waals surface area contributed by atoms with Crippen LogP contribution in [0, 0.1) is 0 Å². The van der Waals surface area contributed by atoms with Crippen LogP contribution in [-0.4, -0.2) is 34.0 Å². The molecule has 2 unspecified atom stereocenters. The van der Waals surface area contributed by atoms with Crippen LogP contribution in [0.2, 0.25) is 19.1 Å². The average Bonchev–Trinajstić information content (AvgIpc) is 2.06. The summed E-state index contributed by atoms with van der Waals surface area (Å²) in [6.07, 6.45) is 0. The Balaban J connectivity index is -0.0000000793. The Morgan fingerprint density at radius 1 is 1.38 bits per heavy atom. The molecule has 0 aromatic heterocycles. The quantitative estimate of drug-likeness (QED) is 0.324. The van der Waals surface area contributed by atoms with Crippen molar-refractivity contribution in [2.45, 2.75) is 46.0 Å². The Morgan fingerprint density at radius 2 is 1.75 bits per heavy atom. The second-order valence-corrected chi connectivity index (χ2v) is 9.60. The first-order valence-electron chi connectivity index (χ1n) is 5.53. The van der Waals surface area contributed by atoms with Crippen molar-refractivity contribution < 1.29 is 0 Å². The van der Waals surface area contributed by atoms with E-state index < -0.39 is 18.2 Å². The second kappa shape index (κ2) is 17.8. The van der Waals surface area contributed by atoms with Crippen LogP contribution < -0.4 is 32.7 Å². The van der Waals surface area contributed by atoms with Gasteiger partial charge in [0.25, 0.3) is 0 Å². The molecule has 1 aliphatic heterocycles. The Labute approximate surface area is 107 Å². The molecule has 16 heavy (non-hydrogen) atoms. The second-order valence-electron chi connectivity index (χ2n) is 3.39. The smallest absolute Gasteiger partial charge is 0.176 e. The molecule has 0 aromatic carbocycles. The summed E-state index contributed by atoms with van der Waals surface area (Å²) in [6, 6.07) is 2.25. The summed E-state index contributed by atoms with van der Waals surface area (Å²) in [7, 11) is -1.57. The molecule has 1 heterocycles. The highest BCUT2D eigenvalue weighted by Gasteiger charge is 2.13. The lowest BCUT2D eigenvalue weighted by molar-refractivity contribution is 0.717.